The molecule has 1 saturated heterocycles. The molecule has 0 saturated carbocycles. The topological polar surface area (TPSA) is 61.0 Å². The van der Waals surface area contributed by atoms with E-state index < -0.39 is 0 Å². The highest BCUT2D eigenvalue weighted by atomic mass is 16.5. The minimum absolute atomic E-state index is 0.219. The van der Waals surface area contributed by atoms with Gasteiger partial charge in [-0.1, -0.05) is 0 Å². The Morgan fingerprint density at radius 2 is 1.71 bits per heavy atom. The average Bonchev–Trinajstić information content (AvgIpc) is 2.90. The van der Waals surface area contributed by atoms with Gasteiger partial charge in [0, 0.05) is 25.8 Å². The highest BCUT2D eigenvalue weighted by molar-refractivity contribution is 5.34. The monoisotopic (exact) mass is 332 g/mol. The molecule has 1 fully saturated rings. The molecule has 1 aliphatic rings. The Labute approximate surface area is 143 Å². The maximum atomic E-state index is 6.16. The summed E-state index contributed by atoms with van der Waals surface area (Å²) in [5.41, 5.74) is 1.71. The third-order valence-corrected chi connectivity index (χ3v) is 4.32. The molecule has 7 nitrogen and oxygen atoms in total. The molecule has 0 unspecified atom stereocenters. The summed E-state index contributed by atoms with van der Waals surface area (Å²) in [5.74, 6) is 1.79. The van der Waals surface area contributed by atoms with E-state index in [4.69, 9.17) is 4.74 Å². The minimum atomic E-state index is -0.219. The van der Waals surface area contributed by atoms with Crippen LogP contribution in [0.25, 0.3) is 0 Å². The van der Waals surface area contributed by atoms with Crippen LogP contribution in [0.15, 0.2) is 6.07 Å². The molecule has 132 valence electrons. The van der Waals surface area contributed by atoms with E-state index in [2.05, 4.69) is 65.4 Å². The smallest absolute Gasteiger partial charge is 0.227 e. The standard InChI is InChI=1S/C17H28N6O/c1-12-8-13(2)23(20-12)9-14-18-19-15(21(14)7)22-10-16(3,4)24-17(5,6)11-22/h8H,9-11H2,1-7H3. The van der Waals surface area contributed by atoms with Gasteiger partial charge in [0.1, 0.15) is 6.54 Å². The largest absolute Gasteiger partial charge is 0.366 e. The summed E-state index contributed by atoms with van der Waals surface area (Å²) >= 11 is 0. The number of rotatable bonds is 3. The Morgan fingerprint density at radius 3 is 2.25 bits per heavy atom. The summed E-state index contributed by atoms with van der Waals surface area (Å²) in [6, 6.07) is 2.07. The summed E-state index contributed by atoms with van der Waals surface area (Å²) in [5, 5.41) is 13.4. The summed E-state index contributed by atoms with van der Waals surface area (Å²) in [4.78, 5) is 2.27. The first-order chi connectivity index (χ1) is 11.1. The molecule has 0 aliphatic carbocycles. The van der Waals surface area contributed by atoms with Crippen molar-refractivity contribution in [1.82, 2.24) is 24.5 Å². The number of aryl methyl sites for hydroxylation is 2. The molecule has 7 heteroatoms. The summed E-state index contributed by atoms with van der Waals surface area (Å²) in [6.45, 7) is 14.8. The van der Waals surface area contributed by atoms with Gasteiger partial charge in [-0.15, -0.1) is 10.2 Å². The Bertz CT molecular complexity index is 726. The molecule has 2 aromatic rings. The molecule has 0 bridgehead atoms. The van der Waals surface area contributed by atoms with Gasteiger partial charge >= 0.3 is 0 Å². The summed E-state index contributed by atoms with van der Waals surface area (Å²) in [6.07, 6.45) is 0. The lowest BCUT2D eigenvalue weighted by Gasteiger charge is -2.47. The van der Waals surface area contributed by atoms with Crippen molar-refractivity contribution in [3.8, 4) is 0 Å². The lowest BCUT2D eigenvalue weighted by molar-refractivity contribution is -0.133. The third kappa shape index (κ3) is 3.31. The van der Waals surface area contributed by atoms with E-state index in [1.807, 2.05) is 18.7 Å². The molecule has 3 rings (SSSR count). The van der Waals surface area contributed by atoms with E-state index in [1.54, 1.807) is 0 Å². The lowest BCUT2D eigenvalue weighted by Crippen LogP contribution is -2.57. The van der Waals surface area contributed by atoms with Crippen LogP contribution in [-0.4, -0.2) is 48.8 Å². The van der Waals surface area contributed by atoms with E-state index in [1.165, 1.54) is 0 Å². The molecule has 0 atom stereocenters. The number of nitrogens with zero attached hydrogens (tertiary/aromatic N) is 6. The second kappa shape index (κ2) is 5.58. The zero-order chi connectivity index (χ0) is 17.7. The SMILES string of the molecule is Cc1cc(C)n(Cc2nnc(N3CC(C)(C)OC(C)(C)C3)n2C)n1. The highest BCUT2D eigenvalue weighted by Crippen LogP contribution is 2.30. The number of anilines is 1. The van der Waals surface area contributed by atoms with Gasteiger partial charge < -0.3 is 9.64 Å². The number of hydrogen-bond acceptors (Lipinski definition) is 5. The molecule has 0 spiro atoms. The fourth-order valence-corrected chi connectivity index (χ4v) is 3.66. The van der Waals surface area contributed by atoms with Gasteiger partial charge in [0.15, 0.2) is 5.82 Å². The molecule has 2 aromatic heterocycles. The van der Waals surface area contributed by atoms with Crippen LogP contribution in [0.4, 0.5) is 5.95 Å². The number of aromatic nitrogens is 5. The van der Waals surface area contributed by atoms with Crippen LogP contribution in [0.3, 0.4) is 0 Å². The summed E-state index contributed by atoms with van der Waals surface area (Å²) < 4.78 is 10.2. The van der Waals surface area contributed by atoms with Crippen LogP contribution in [0.5, 0.6) is 0 Å². The van der Waals surface area contributed by atoms with Crippen LogP contribution in [0.2, 0.25) is 0 Å². The lowest BCUT2D eigenvalue weighted by atomic mass is 9.99. The van der Waals surface area contributed by atoms with Crippen molar-refractivity contribution in [2.75, 3.05) is 18.0 Å². The maximum Gasteiger partial charge on any atom is 0.227 e. The molecule has 3 heterocycles. The first-order valence-electron chi connectivity index (χ1n) is 8.41. The van der Waals surface area contributed by atoms with Crippen LogP contribution in [0, 0.1) is 13.8 Å². The molecule has 24 heavy (non-hydrogen) atoms. The van der Waals surface area contributed by atoms with Crippen LogP contribution in [-0.2, 0) is 18.3 Å². The van der Waals surface area contributed by atoms with E-state index >= 15 is 0 Å². The molecular weight excluding hydrogens is 304 g/mol. The summed E-state index contributed by atoms with van der Waals surface area (Å²) in [7, 11) is 2.02. The van der Waals surface area contributed by atoms with Gasteiger partial charge in [0.2, 0.25) is 5.95 Å². The van der Waals surface area contributed by atoms with Gasteiger partial charge in [-0.2, -0.15) is 5.10 Å². The predicted molar refractivity (Wildman–Crippen MR) is 93.3 cm³/mol. The fourth-order valence-electron chi connectivity index (χ4n) is 3.66. The van der Waals surface area contributed by atoms with Crippen molar-refractivity contribution in [2.24, 2.45) is 7.05 Å². The molecule has 0 aromatic carbocycles. The van der Waals surface area contributed by atoms with E-state index in [9.17, 15) is 0 Å². The third-order valence-electron chi connectivity index (χ3n) is 4.32. The molecule has 1 aliphatic heterocycles. The number of hydrogen-bond donors (Lipinski definition) is 0. The van der Waals surface area contributed by atoms with Gasteiger partial charge in [-0.25, -0.2) is 0 Å². The van der Waals surface area contributed by atoms with Crippen molar-refractivity contribution in [2.45, 2.75) is 59.3 Å². The van der Waals surface area contributed by atoms with Crippen LogP contribution in [0.1, 0.15) is 44.9 Å². The van der Waals surface area contributed by atoms with E-state index in [0.29, 0.717) is 6.54 Å². The predicted octanol–water partition coefficient (Wildman–Crippen LogP) is 2.07. The Morgan fingerprint density at radius 1 is 1.08 bits per heavy atom. The number of morpholine rings is 1. The minimum Gasteiger partial charge on any atom is -0.366 e. The maximum absolute atomic E-state index is 6.16. The second-order valence-electron chi connectivity index (χ2n) is 8.04. The van der Waals surface area contributed by atoms with Crippen LogP contribution >= 0.6 is 0 Å². The number of ether oxygens (including phenoxy) is 1. The molecular formula is C17H28N6O. The van der Waals surface area contributed by atoms with Crippen molar-refractivity contribution >= 4 is 5.95 Å². The zero-order valence-electron chi connectivity index (χ0n) is 15.8. The van der Waals surface area contributed by atoms with Gasteiger partial charge in [0.25, 0.3) is 0 Å². The van der Waals surface area contributed by atoms with E-state index in [-0.39, 0.29) is 11.2 Å². The molecule has 0 amide bonds. The normalized spacial score (nSPS) is 19.7. The Kier molecular flexibility index (Phi) is 3.94. The quantitative estimate of drug-likeness (QED) is 0.861. The Hall–Kier alpha value is -1.89. The first-order valence-corrected chi connectivity index (χ1v) is 8.41. The van der Waals surface area contributed by atoms with Crippen molar-refractivity contribution in [3.05, 3.63) is 23.3 Å². The van der Waals surface area contributed by atoms with Gasteiger partial charge in [-0.05, 0) is 47.6 Å². The average molecular weight is 332 g/mol. The van der Waals surface area contributed by atoms with Crippen LogP contribution < -0.4 is 4.90 Å². The van der Waals surface area contributed by atoms with Crippen molar-refractivity contribution in [1.29, 1.82) is 0 Å². The fraction of sp³-hybridized carbons (Fsp3) is 0.706. The molecule has 0 N–H and O–H groups in total. The molecule has 0 radical (unpaired) electrons. The second-order valence-corrected chi connectivity index (χ2v) is 8.04. The van der Waals surface area contributed by atoms with Gasteiger partial charge in [-0.3, -0.25) is 9.25 Å². The van der Waals surface area contributed by atoms with E-state index in [0.717, 1.165) is 36.3 Å². The van der Waals surface area contributed by atoms with Crippen molar-refractivity contribution < 1.29 is 4.74 Å². The highest BCUT2D eigenvalue weighted by Gasteiger charge is 2.39. The van der Waals surface area contributed by atoms with Gasteiger partial charge in [0.05, 0.1) is 16.9 Å². The van der Waals surface area contributed by atoms with Crippen molar-refractivity contribution in [3.63, 3.8) is 0 Å². The Balaban J connectivity index is 1.86. The first kappa shape index (κ1) is 17.0. The zero-order valence-corrected chi connectivity index (χ0v) is 15.8.